The van der Waals surface area contributed by atoms with Crippen LogP contribution in [0.4, 0.5) is 0 Å². The van der Waals surface area contributed by atoms with E-state index < -0.39 is 0 Å². The lowest BCUT2D eigenvalue weighted by Crippen LogP contribution is -1.87. The van der Waals surface area contributed by atoms with Crippen molar-refractivity contribution in [1.82, 2.24) is 9.38 Å². The van der Waals surface area contributed by atoms with Crippen LogP contribution >= 0.6 is 15.9 Å². The van der Waals surface area contributed by atoms with Gasteiger partial charge in [-0.1, -0.05) is 58.4 Å². The second-order valence-corrected chi connectivity index (χ2v) is 6.39. The smallest absolute Gasteiger partial charge is 0.145 e. The summed E-state index contributed by atoms with van der Waals surface area (Å²) in [5, 5.41) is 2.51. The molecule has 0 aliphatic rings. The highest BCUT2D eigenvalue weighted by Crippen LogP contribution is 2.36. The van der Waals surface area contributed by atoms with Crippen molar-refractivity contribution in [2.45, 2.75) is 0 Å². The Morgan fingerprint density at radius 2 is 1.68 bits per heavy atom. The summed E-state index contributed by atoms with van der Waals surface area (Å²) < 4.78 is 3.38. The second kappa shape index (κ2) is 4.31. The van der Waals surface area contributed by atoms with Crippen molar-refractivity contribution in [2.24, 2.45) is 0 Å². The van der Waals surface area contributed by atoms with Gasteiger partial charge in [0.25, 0.3) is 0 Å². The van der Waals surface area contributed by atoms with Gasteiger partial charge in [-0.25, -0.2) is 4.98 Å². The zero-order valence-corrected chi connectivity index (χ0v) is 13.2. The zero-order valence-electron chi connectivity index (χ0n) is 11.6. The summed E-state index contributed by atoms with van der Waals surface area (Å²) in [5.74, 6) is 1.00. The number of nitrogens with zero attached hydrogens (tertiary/aromatic N) is 2. The van der Waals surface area contributed by atoms with Crippen LogP contribution in [0.1, 0.15) is 0 Å². The van der Waals surface area contributed by atoms with Crippen LogP contribution in [0.25, 0.3) is 38.7 Å². The number of aromatic nitrogens is 2. The molecule has 0 aliphatic heterocycles. The Morgan fingerprint density at radius 3 is 2.55 bits per heavy atom. The van der Waals surface area contributed by atoms with Gasteiger partial charge in [0, 0.05) is 20.8 Å². The lowest BCUT2D eigenvalue weighted by atomic mass is 10.1. The van der Waals surface area contributed by atoms with Crippen LogP contribution in [0.15, 0.2) is 71.2 Å². The van der Waals surface area contributed by atoms with E-state index >= 15 is 0 Å². The minimum atomic E-state index is 1.00. The first-order chi connectivity index (χ1) is 10.8. The molecule has 0 bridgehead atoms. The molecule has 0 radical (unpaired) electrons. The van der Waals surface area contributed by atoms with E-state index in [1.807, 2.05) is 6.07 Å². The number of hydrogen-bond donors (Lipinski definition) is 0. The van der Waals surface area contributed by atoms with E-state index in [4.69, 9.17) is 4.98 Å². The molecule has 0 aliphatic carbocycles. The third-order valence-electron chi connectivity index (χ3n) is 4.20. The number of hydrogen-bond acceptors (Lipinski definition) is 1. The van der Waals surface area contributed by atoms with Crippen molar-refractivity contribution in [1.29, 1.82) is 0 Å². The van der Waals surface area contributed by atoms with E-state index in [1.54, 1.807) is 0 Å². The lowest BCUT2D eigenvalue weighted by molar-refractivity contribution is 1.23. The first-order valence-corrected chi connectivity index (χ1v) is 7.99. The molecule has 0 saturated carbocycles. The van der Waals surface area contributed by atoms with E-state index in [1.165, 1.54) is 21.8 Å². The number of rotatable bonds is 1. The topological polar surface area (TPSA) is 17.3 Å². The van der Waals surface area contributed by atoms with Crippen LogP contribution < -0.4 is 0 Å². The molecule has 0 unspecified atom stereocenters. The fourth-order valence-corrected chi connectivity index (χ4v) is 3.64. The average molecular weight is 347 g/mol. The van der Waals surface area contributed by atoms with Gasteiger partial charge in [0.1, 0.15) is 5.82 Å². The molecule has 5 rings (SSSR count). The van der Waals surface area contributed by atoms with E-state index in [0.717, 1.165) is 21.4 Å². The summed E-state index contributed by atoms with van der Waals surface area (Å²) in [4.78, 5) is 4.87. The number of para-hydroxylation sites is 1. The number of benzene rings is 3. The number of halogens is 1. The van der Waals surface area contributed by atoms with Crippen LogP contribution in [0.3, 0.4) is 0 Å². The van der Waals surface area contributed by atoms with Crippen molar-refractivity contribution in [3.05, 3.63) is 71.2 Å². The van der Waals surface area contributed by atoms with Crippen molar-refractivity contribution < 1.29 is 0 Å². The van der Waals surface area contributed by atoms with Gasteiger partial charge >= 0.3 is 0 Å². The average Bonchev–Trinajstić information content (AvgIpc) is 3.09. The molecule has 0 spiro atoms. The molecule has 0 amide bonds. The quantitative estimate of drug-likeness (QED) is 0.391. The summed E-state index contributed by atoms with van der Waals surface area (Å²) >= 11 is 3.58. The molecule has 5 aromatic rings. The summed E-state index contributed by atoms with van der Waals surface area (Å²) in [6.07, 6.45) is 0. The van der Waals surface area contributed by atoms with Crippen LogP contribution in [0.2, 0.25) is 0 Å². The van der Waals surface area contributed by atoms with Gasteiger partial charge in [0.15, 0.2) is 0 Å². The highest BCUT2D eigenvalue weighted by molar-refractivity contribution is 9.10. The van der Waals surface area contributed by atoms with E-state index in [-0.39, 0.29) is 0 Å². The van der Waals surface area contributed by atoms with Gasteiger partial charge in [-0.2, -0.15) is 0 Å². The molecule has 0 fully saturated rings. The van der Waals surface area contributed by atoms with Crippen LogP contribution in [-0.4, -0.2) is 9.38 Å². The fourth-order valence-electron chi connectivity index (χ4n) is 3.28. The first-order valence-electron chi connectivity index (χ1n) is 7.20. The summed E-state index contributed by atoms with van der Waals surface area (Å²) in [5.41, 5.74) is 4.59. The highest BCUT2D eigenvalue weighted by Gasteiger charge is 2.17. The Kier molecular flexibility index (Phi) is 2.38. The predicted molar refractivity (Wildman–Crippen MR) is 94.5 cm³/mol. The molecule has 3 aromatic carbocycles. The molecule has 104 valence electrons. The molecule has 2 heterocycles. The molecular formula is C19H11BrN2. The molecule has 3 heteroatoms. The highest BCUT2D eigenvalue weighted by atomic mass is 79.9. The Morgan fingerprint density at radius 1 is 0.818 bits per heavy atom. The summed E-state index contributed by atoms with van der Waals surface area (Å²) in [6, 6.07) is 23.1. The zero-order chi connectivity index (χ0) is 14.7. The largest absolute Gasteiger partial charge is 0.291 e. The van der Waals surface area contributed by atoms with Crippen LogP contribution in [0.5, 0.6) is 0 Å². The fraction of sp³-hybridized carbons (Fsp3) is 0. The van der Waals surface area contributed by atoms with Gasteiger partial charge < -0.3 is 0 Å². The minimum absolute atomic E-state index is 1.00. The SMILES string of the molecule is Brc1ccc2c(c1)c1cccc3nc(-c4ccccc4)n2c31. The summed E-state index contributed by atoms with van der Waals surface area (Å²) in [7, 11) is 0. The third-order valence-corrected chi connectivity index (χ3v) is 4.69. The maximum Gasteiger partial charge on any atom is 0.145 e. The van der Waals surface area contributed by atoms with Gasteiger partial charge in [0.2, 0.25) is 0 Å². The van der Waals surface area contributed by atoms with Crippen molar-refractivity contribution in [3.8, 4) is 11.4 Å². The predicted octanol–water partition coefficient (Wildman–Crippen LogP) is 5.51. The lowest BCUT2D eigenvalue weighted by Gasteiger charge is -2.00. The van der Waals surface area contributed by atoms with E-state index in [2.05, 4.69) is 81.0 Å². The molecule has 0 saturated heterocycles. The molecular weight excluding hydrogens is 336 g/mol. The molecule has 2 aromatic heterocycles. The van der Waals surface area contributed by atoms with Crippen LogP contribution in [-0.2, 0) is 0 Å². The van der Waals surface area contributed by atoms with Gasteiger partial charge in [-0.15, -0.1) is 0 Å². The maximum absolute atomic E-state index is 4.87. The Hall–Kier alpha value is -2.39. The second-order valence-electron chi connectivity index (χ2n) is 5.47. The first kappa shape index (κ1) is 12.2. The standard InChI is InChI=1S/C19H11BrN2/c20-13-9-10-17-15(11-13)14-7-4-8-16-18(14)22(17)19(21-16)12-5-2-1-3-6-12/h1-11H. The summed E-state index contributed by atoms with van der Waals surface area (Å²) in [6.45, 7) is 0. The van der Waals surface area contributed by atoms with E-state index in [9.17, 15) is 0 Å². The normalized spacial score (nSPS) is 11.9. The Balaban J connectivity index is 2.05. The number of fused-ring (bicyclic) bond motifs is 3. The van der Waals surface area contributed by atoms with Crippen LogP contribution in [0, 0.1) is 0 Å². The van der Waals surface area contributed by atoms with Gasteiger partial charge in [0.05, 0.1) is 16.6 Å². The third kappa shape index (κ3) is 1.52. The number of imidazole rings is 1. The maximum atomic E-state index is 4.87. The monoisotopic (exact) mass is 346 g/mol. The van der Waals surface area contributed by atoms with E-state index in [0.29, 0.717) is 0 Å². The molecule has 2 nitrogen and oxygen atoms in total. The Labute approximate surface area is 135 Å². The van der Waals surface area contributed by atoms with Crippen molar-refractivity contribution in [3.63, 3.8) is 0 Å². The minimum Gasteiger partial charge on any atom is -0.291 e. The van der Waals surface area contributed by atoms with Crippen molar-refractivity contribution >= 4 is 43.3 Å². The van der Waals surface area contributed by atoms with Crippen molar-refractivity contribution in [2.75, 3.05) is 0 Å². The molecule has 0 N–H and O–H groups in total. The van der Waals surface area contributed by atoms with Gasteiger partial charge in [-0.05, 0) is 24.3 Å². The molecule has 22 heavy (non-hydrogen) atoms. The molecule has 0 atom stereocenters. The van der Waals surface area contributed by atoms with Gasteiger partial charge in [-0.3, -0.25) is 4.40 Å². The Bertz CT molecular complexity index is 1130.